The van der Waals surface area contributed by atoms with Crippen molar-refractivity contribution in [1.29, 1.82) is 0 Å². The van der Waals surface area contributed by atoms with E-state index < -0.39 is 6.10 Å². The smallest absolute Gasteiger partial charge is 0.306 e. The van der Waals surface area contributed by atoms with E-state index in [1.807, 2.05) is 0 Å². The predicted octanol–water partition coefficient (Wildman–Crippen LogP) is 17.9. The average molecular weight is 849 g/mol. The van der Waals surface area contributed by atoms with Gasteiger partial charge in [0.05, 0.1) is 13.2 Å². The molecule has 61 heavy (non-hydrogen) atoms. The van der Waals surface area contributed by atoms with Crippen molar-refractivity contribution in [2.24, 2.45) is 0 Å². The molecule has 0 aliphatic carbocycles. The third-order valence-electron chi connectivity index (χ3n) is 11.2. The first-order valence-electron chi connectivity index (χ1n) is 26.2. The number of ether oxygens (including phenoxy) is 2. The molecule has 0 aliphatic heterocycles. The maximum atomic E-state index is 12.3. The van der Waals surface area contributed by atoms with Crippen molar-refractivity contribution in [3.8, 4) is 0 Å². The fraction of sp³-hybridized carbons (Fsp3) is 0.737. The summed E-state index contributed by atoms with van der Waals surface area (Å²) in [6.45, 7) is 5.20. The van der Waals surface area contributed by atoms with Crippen LogP contribution < -0.4 is 0 Å². The van der Waals surface area contributed by atoms with Gasteiger partial charge in [-0.3, -0.25) is 4.79 Å². The van der Waals surface area contributed by atoms with Gasteiger partial charge in [-0.2, -0.15) is 0 Å². The molecule has 0 bridgehead atoms. The number of unbranched alkanes of at least 4 members (excludes halogenated alkanes) is 26. The molecule has 0 amide bonds. The van der Waals surface area contributed by atoms with Gasteiger partial charge in [0.2, 0.25) is 0 Å². The first-order chi connectivity index (χ1) is 30.2. The molecule has 0 aromatic heterocycles. The maximum Gasteiger partial charge on any atom is 0.306 e. The molecule has 0 saturated carbocycles. The van der Waals surface area contributed by atoms with Crippen molar-refractivity contribution >= 4 is 5.97 Å². The van der Waals surface area contributed by atoms with E-state index in [-0.39, 0.29) is 19.2 Å². The van der Waals surface area contributed by atoms with Gasteiger partial charge in [0.1, 0.15) is 6.10 Å². The zero-order valence-electron chi connectivity index (χ0n) is 40.4. The second-order valence-corrected chi connectivity index (χ2v) is 17.2. The molecule has 0 saturated heterocycles. The summed E-state index contributed by atoms with van der Waals surface area (Å²) in [5.41, 5.74) is 0. The second kappa shape index (κ2) is 53.7. The van der Waals surface area contributed by atoms with Gasteiger partial charge in [0, 0.05) is 13.0 Å². The van der Waals surface area contributed by atoms with Gasteiger partial charge in [0.15, 0.2) is 0 Å². The van der Waals surface area contributed by atoms with E-state index in [1.54, 1.807) is 0 Å². The highest BCUT2D eigenvalue weighted by atomic mass is 16.6. The Morgan fingerprint density at radius 2 is 0.738 bits per heavy atom. The summed E-state index contributed by atoms with van der Waals surface area (Å²) in [5, 5.41) is 9.66. The lowest BCUT2D eigenvalue weighted by Gasteiger charge is -2.15. The molecule has 4 heteroatoms. The highest BCUT2D eigenvalue weighted by Crippen LogP contribution is 2.15. The number of allylic oxidation sites excluding steroid dienone is 14. The third-order valence-corrected chi connectivity index (χ3v) is 11.2. The molecule has 0 radical (unpaired) electrons. The van der Waals surface area contributed by atoms with Crippen LogP contribution in [0.1, 0.15) is 245 Å². The summed E-state index contributed by atoms with van der Waals surface area (Å²) in [5.74, 6) is -0.208. The number of rotatable bonds is 48. The Hall–Kier alpha value is -2.43. The molecule has 0 aliphatic rings. The average Bonchev–Trinajstić information content (AvgIpc) is 3.27. The SMILES string of the molecule is CC/C=C\C/C=C\C/C=C\C/C=C\C/C=C\C/C=C\CCCCCCCOCC(CO)OC(=O)CCCCCCCCCCCCCCC/C=C\CCCCCCCCCC. The van der Waals surface area contributed by atoms with E-state index >= 15 is 0 Å². The fourth-order valence-electron chi connectivity index (χ4n) is 7.33. The molecule has 0 heterocycles. The minimum Gasteiger partial charge on any atom is -0.457 e. The van der Waals surface area contributed by atoms with Crippen molar-refractivity contribution in [2.75, 3.05) is 19.8 Å². The normalized spacial score (nSPS) is 13.0. The van der Waals surface area contributed by atoms with Gasteiger partial charge >= 0.3 is 5.97 Å². The minimum atomic E-state index is -0.551. The molecule has 352 valence electrons. The molecule has 0 fully saturated rings. The van der Waals surface area contributed by atoms with Gasteiger partial charge in [0.25, 0.3) is 0 Å². The Balaban J connectivity index is 3.47. The van der Waals surface area contributed by atoms with E-state index in [0.29, 0.717) is 13.0 Å². The Morgan fingerprint density at radius 3 is 1.13 bits per heavy atom. The molecule has 1 atom stereocenters. The molecule has 0 aromatic rings. The molecule has 0 spiro atoms. The van der Waals surface area contributed by atoms with E-state index in [1.165, 1.54) is 154 Å². The number of carbonyl (C=O) groups excluding carboxylic acids is 1. The summed E-state index contributed by atoms with van der Waals surface area (Å²) in [6.07, 6.45) is 75.4. The monoisotopic (exact) mass is 849 g/mol. The van der Waals surface area contributed by atoms with Crippen LogP contribution in [0.3, 0.4) is 0 Å². The largest absolute Gasteiger partial charge is 0.457 e. The van der Waals surface area contributed by atoms with Crippen LogP contribution in [-0.2, 0) is 14.3 Å². The van der Waals surface area contributed by atoms with Crippen LogP contribution in [0, 0.1) is 0 Å². The molecular formula is C57H100O4. The topological polar surface area (TPSA) is 55.8 Å². The van der Waals surface area contributed by atoms with Gasteiger partial charge in [-0.1, -0.05) is 234 Å². The van der Waals surface area contributed by atoms with Crippen molar-refractivity contribution in [2.45, 2.75) is 251 Å². The van der Waals surface area contributed by atoms with Crippen molar-refractivity contribution < 1.29 is 19.4 Å². The second-order valence-electron chi connectivity index (χ2n) is 17.2. The van der Waals surface area contributed by atoms with Gasteiger partial charge in [-0.05, 0) is 89.9 Å². The minimum absolute atomic E-state index is 0.183. The Bertz CT molecular complexity index is 1080. The van der Waals surface area contributed by atoms with Crippen molar-refractivity contribution in [1.82, 2.24) is 0 Å². The lowest BCUT2D eigenvalue weighted by Crippen LogP contribution is -2.27. The number of aliphatic hydroxyl groups is 1. The fourth-order valence-corrected chi connectivity index (χ4v) is 7.33. The predicted molar refractivity (Wildman–Crippen MR) is 269 cm³/mol. The number of aliphatic hydroxyl groups excluding tert-OH is 1. The number of hydrogen-bond donors (Lipinski definition) is 1. The van der Waals surface area contributed by atoms with E-state index in [2.05, 4.69) is 98.9 Å². The van der Waals surface area contributed by atoms with Crippen molar-refractivity contribution in [3.63, 3.8) is 0 Å². The summed E-state index contributed by atoms with van der Waals surface area (Å²) in [4.78, 5) is 12.3. The van der Waals surface area contributed by atoms with Crippen molar-refractivity contribution in [3.05, 3.63) is 85.1 Å². The van der Waals surface area contributed by atoms with Crippen LogP contribution in [0.5, 0.6) is 0 Å². The Kier molecular flexibility index (Phi) is 51.6. The molecular weight excluding hydrogens is 749 g/mol. The zero-order valence-corrected chi connectivity index (χ0v) is 40.4. The standard InChI is InChI=1S/C57H100O4/c1-3-5-7-9-11-13-15-17-19-21-23-25-27-29-30-32-34-36-38-40-42-44-46-48-50-52-57(59)61-56(54-58)55-60-53-51-49-47-45-43-41-39-37-35-33-31-28-26-24-22-20-18-16-14-12-10-8-6-4-2/h6,8,12,14,18,20-21,23-24,26,31,33,37,39,56,58H,3-5,7,9-11,13,15-17,19,22,25,27-30,32,34-36,38,40-55H2,1-2H3/b8-6-,14-12-,20-18-,23-21-,26-24-,33-31-,39-37-. The van der Waals surface area contributed by atoms with Crippen LogP contribution in [0.4, 0.5) is 0 Å². The highest BCUT2D eigenvalue weighted by molar-refractivity contribution is 5.69. The van der Waals surface area contributed by atoms with Gasteiger partial charge in [-0.15, -0.1) is 0 Å². The van der Waals surface area contributed by atoms with E-state index in [0.717, 1.165) is 70.6 Å². The van der Waals surface area contributed by atoms with Gasteiger partial charge < -0.3 is 14.6 Å². The molecule has 4 nitrogen and oxygen atoms in total. The molecule has 0 aromatic carbocycles. The van der Waals surface area contributed by atoms with Crippen LogP contribution in [0.2, 0.25) is 0 Å². The lowest BCUT2D eigenvalue weighted by atomic mass is 10.0. The molecule has 0 rings (SSSR count). The lowest BCUT2D eigenvalue weighted by molar-refractivity contribution is -0.154. The van der Waals surface area contributed by atoms with Crippen LogP contribution in [-0.4, -0.2) is 37.0 Å². The summed E-state index contributed by atoms with van der Waals surface area (Å²) in [6, 6.07) is 0. The van der Waals surface area contributed by atoms with E-state index in [4.69, 9.17) is 9.47 Å². The Labute approximate surface area is 380 Å². The first-order valence-corrected chi connectivity index (χ1v) is 26.2. The Morgan fingerprint density at radius 1 is 0.410 bits per heavy atom. The summed E-state index contributed by atoms with van der Waals surface area (Å²) >= 11 is 0. The van der Waals surface area contributed by atoms with Crippen LogP contribution >= 0.6 is 0 Å². The molecule has 1 unspecified atom stereocenters. The maximum absolute atomic E-state index is 12.3. The highest BCUT2D eigenvalue weighted by Gasteiger charge is 2.13. The molecule has 1 N–H and O–H groups in total. The number of carbonyl (C=O) groups is 1. The summed E-state index contributed by atoms with van der Waals surface area (Å²) < 4.78 is 11.2. The summed E-state index contributed by atoms with van der Waals surface area (Å²) in [7, 11) is 0. The van der Waals surface area contributed by atoms with E-state index in [9.17, 15) is 9.90 Å². The number of hydrogen-bond acceptors (Lipinski definition) is 4. The number of esters is 1. The zero-order chi connectivity index (χ0) is 44.0. The first kappa shape index (κ1) is 58.6. The van der Waals surface area contributed by atoms with Crippen LogP contribution in [0.15, 0.2) is 85.1 Å². The van der Waals surface area contributed by atoms with Crippen LogP contribution in [0.25, 0.3) is 0 Å². The van der Waals surface area contributed by atoms with Gasteiger partial charge in [-0.25, -0.2) is 0 Å². The quantitative estimate of drug-likeness (QED) is 0.0376. The third kappa shape index (κ3) is 51.8.